The Hall–Kier alpha value is -0.940. The molecule has 1 aromatic carbocycles. The van der Waals surface area contributed by atoms with E-state index in [9.17, 15) is 5.11 Å². The van der Waals surface area contributed by atoms with E-state index in [1.165, 1.54) is 11.1 Å². The van der Waals surface area contributed by atoms with Gasteiger partial charge in [-0.25, -0.2) is 0 Å². The second-order valence-electron chi connectivity index (χ2n) is 4.77. The van der Waals surface area contributed by atoms with Crippen molar-refractivity contribution in [1.82, 2.24) is 5.32 Å². The van der Waals surface area contributed by atoms with E-state index in [4.69, 9.17) is 9.47 Å². The van der Waals surface area contributed by atoms with Crippen LogP contribution in [0.1, 0.15) is 24.1 Å². The zero-order valence-electron chi connectivity index (χ0n) is 12.1. The van der Waals surface area contributed by atoms with Crippen LogP contribution < -0.4 is 5.32 Å². The summed E-state index contributed by atoms with van der Waals surface area (Å²) in [6.45, 7) is 6.09. The molecule has 0 aliphatic heterocycles. The first-order chi connectivity index (χ1) is 9.13. The molecule has 0 radical (unpaired) electrons. The average molecular weight is 267 g/mol. The lowest BCUT2D eigenvalue weighted by molar-refractivity contribution is 0.0130. The minimum Gasteiger partial charge on any atom is -0.389 e. The van der Waals surface area contributed by atoms with E-state index < -0.39 is 6.10 Å². The number of aryl methyl sites for hydroxylation is 1. The lowest BCUT2D eigenvalue weighted by atomic mass is 10.1. The van der Waals surface area contributed by atoms with Crippen molar-refractivity contribution in [2.45, 2.75) is 26.0 Å². The molecule has 0 aliphatic carbocycles. The van der Waals surface area contributed by atoms with Crippen LogP contribution in [0.25, 0.3) is 0 Å². The summed E-state index contributed by atoms with van der Waals surface area (Å²) in [6, 6.07) is 8.58. The second-order valence-corrected chi connectivity index (χ2v) is 4.77. The molecular formula is C15H25NO3. The van der Waals surface area contributed by atoms with Crippen LogP contribution in [0.3, 0.4) is 0 Å². The van der Waals surface area contributed by atoms with Crippen LogP contribution in [-0.4, -0.2) is 44.7 Å². The fourth-order valence-corrected chi connectivity index (χ4v) is 1.79. The number of hydrogen-bond donors (Lipinski definition) is 2. The number of aliphatic hydroxyl groups excluding tert-OH is 1. The molecule has 0 bridgehead atoms. The predicted molar refractivity (Wildman–Crippen MR) is 76.3 cm³/mol. The number of aliphatic hydroxyl groups is 1. The molecule has 0 saturated carbocycles. The van der Waals surface area contributed by atoms with Gasteiger partial charge in [0.05, 0.1) is 25.9 Å². The van der Waals surface area contributed by atoms with Gasteiger partial charge in [-0.15, -0.1) is 0 Å². The Morgan fingerprint density at radius 1 is 1.32 bits per heavy atom. The van der Waals surface area contributed by atoms with Crippen molar-refractivity contribution in [3.05, 3.63) is 35.4 Å². The molecule has 0 fully saturated rings. The molecule has 0 aliphatic rings. The molecule has 19 heavy (non-hydrogen) atoms. The molecule has 1 aromatic rings. The molecule has 2 atom stereocenters. The maximum Gasteiger partial charge on any atom is 0.0897 e. The summed E-state index contributed by atoms with van der Waals surface area (Å²) in [5, 5.41) is 13.1. The third-order valence-electron chi connectivity index (χ3n) is 2.94. The Morgan fingerprint density at radius 2 is 2.11 bits per heavy atom. The van der Waals surface area contributed by atoms with Gasteiger partial charge in [-0.1, -0.05) is 29.8 Å². The molecule has 0 amide bonds. The highest BCUT2D eigenvalue weighted by molar-refractivity contribution is 5.24. The maximum absolute atomic E-state index is 9.77. The van der Waals surface area contributed by atoms with Gasteiger partial charge in [0.2, 0.25) is 0 Å². The summed E-state index contributed by atoms with van der Waals surface area (Å²) in [5.41, 5.74) is 2.47. The van der Waals surface area contributed by atoms with E-state index in [0.717, 1.165) is 0 Å². The fraction of sp³-hybridized carbons (Fsp3) is 0.600. The Balaban J connectivity index is 2.24. The molecule has 4 nitrogen and oxygen atoms in total. The molecule has 0 heterocycles. The fourth-order valence-electron chi connectivity index (χ4n) is 1.79. The van der Waals surface area contributed by atoms with E-state index in [-0.39, 0.29) is 6.04 Å². The minimum absolute atomic E-state index is 0.216. The van der Waals surface area contributed by atoms with E-state index in [2.05, 4.69) is 37.4 Å². The quantitative estimate of drug-likeness (QED) is 0.668. The number of rotatable bonds is 9. The van der Waals surface area contributed by atoms with Gasteiger partial charge in [-0.05, 0) is 19.4 Å². The highest BCUT2D eigenvalue weighted by Gasteiger charge is 2.09. The van der Waals surface area contributed by atoms with Crippen LogP contribution in [0.4, 0.5) is 0 Å². The Morgan fingerprint density at radius 3 is 2.79 bits per heavy atom. The molecule has 2 N–H and O–H groups in total. The Labute approximate surface area is 115 Å². The zero-order valence-corrected chi connectivity index (χ0v) is 12.1. The molecule has 108 valence electrons. The summed E-state index contributed by atoms with van der Waals surface area (Å²) in [4.78, 5) is 0. The van der Waals surface area contributed by atoms with E-state index in [0.29, 0.717) is 26.4 Å². The van der Waals surface area contributed by atoms with Crippen LogP contribution >= 0.6 is 0 Å². The van der Waals surface area contributed by atoms with Crippen molar-refractivity contribution in [1.29, 1.82) is 0 Å². The number of nitrogens with one attached hydrogen (secondary N) is 1. The van der Waals surface area contributed by atoms with Gasteiger partial charge in [-0.3, -0.25) is 0 Å². The second kappa shape index (κ2) is 9.04. The van der Waals surface area contributed by atoms with Crippen LogP contribution in [0.15, 0.2) is 24.3 Å². The molecule has 0 spiro atoms. The lowest BCUT2D eigenvalue weighted by Crippen LogP contribution is -2.32. The van der Waals surface area contributed by atoms with Crippen molar-refractivity contribution in [2.75, 3.05) is 33.5 Å². The summed E-state index contributed by atoms with van der Waals surface area (Å²) in [6.07, 6.45) is -0.496. The smallest absolute Gasteiger partial charge is 0.0897 e. The number of hydrogen-bond acceptors (Lipinski definition) is 4. The van der Waals surface area contributed by atoms with Gasteiger partial charge in [0.15, 0.2) is 0 Å². The lowest BCUT2D eigenvalue weighted by Gasteiger charge is -2.18. The van der Waals surface area contributed by atoms with Crippen LogP contribution in [0, 0.1) is 6.92 Å². The third kappa shape index (κ3) is 6.68. The van der Waals surface area contributed by atoms with E-state index in [1.54, 1.807) is 7.11 Å². The average Bonchev–Trinajstić information content (AvgIpc) is 2.41. The summed E-state index contributed by atoms with van der Waals surface area (Å²) in [7, 11) is 1.63. The van der Waals surface area contributed by atoms with E-state index >= 15 is 0 Å². The van der Waals surface area contributed by atoms with Gasteiger partial charge in [0.25, 0.3) is 0 Å². The molecule has 4 heteroatoms. The third-order valence-corrected chi connectivity index (χ3v) is 2.94. The van der Waals surface area contributed by atoms with E-state index in [1.807, 2.05) is 6.07 Å². The first kappa shape index (κ1) is 16.1. The van der Waals surface area contributed by atoms with Crippen molar-refractivity contribution in [3.8, 4) is 0 Å². The molecular weight excluding hydrogens is 242 g/mol. The van der Waals surface area contributed by atoms with Gasteiger partial charge in [0, 0.05) is 19.7 Å². The first-order valence-corrected chi connectivity index (χ1v) is 6.68. The van der Waals surface area contributed by atoms with Crippen LogP contribution in [0.2, 0.25) is 0 Å². The first-order valence-electron chi connectivity index (χ1n) is 6.68. The zero-order chi connectivity index (χ0) is 14.1. The maximum atomic E-state index is 9.77. The van der Waals surface area contributed by atoms with Gasteiger partial charge in [0.1, 0.15) is 0 Å². The minimum atomic E-state index is -0.496. The van der Waals surface area contributed by atoms with Crippen LogP contribution in [-0.2, 0) is 9.47 Å². The van der Waals surface area contributed by atoms with Crippen molar-refractivity contribution in [2.24, 2.45) is 0 Å². The standard InChI is InChI=1S/C15H25NO3/c1-12-5-4-6-14(9-12)13(2)16-10-15(17)11-19-8-7-18-3/h4-6,9,13,15-17H,7-8,10-11H2,1-3H3/t13-,15?/m1/s1. The highest BCUT2D eigenvalue weighted by atomic mass is 16.5. The van der Waals surface area contributed by atoms with Gasteiger partial charge in [-0.2, -0.15) is 0 Å². The van der Waals surface area contributed by atoms with Crippen molar-refractivity contribution < 1.29 is 14.6 Å². The number of methoxy groups -OCH3 is 1. The topological polar surface area (TPSA) is 50.7 Å². The number of benzene rings is 1. The molecule has 0 aromatic heterocycles. The largest absolute Gasteiger partial charge is 0.389 e. The van der Waals surface area contributed by atoms with Crippen molar-refractivity contribution in [3.63, 3.8) is 0 Å². The normalized spacial score (nSPS) is 14.3. The predicted octanol–water partition coefficient (Wildman–Crippen LogP) is 1.67. The van der Waals surface area contributed by atoms with Gasteiger partial charge >= 0.3 is 0 Å². The van der Waals surface area contributed by atoms with Crippen LogP contribution in [0.5, 0.6) is 0 Å². The summed E-state index contributed by atoms with van der Waals surface area (Å²) >= 11 is 0. The monoisotopic (exact) mass is 267 g/mol. The molecule has 1 unspecified atom stereocenters. The number of ether oxygens (including phenoxy) is 2. The van der Waals surface area contributed by atoms with Gasteiger partial charge < -0.3 is 19.9 Å². The summed E-state index contributed by atoms with van der Waals surface area (Å²) < 4.78 is 10.1. The molecule has 0 saturated heterocycles. The molecule has 1 rings (SSSR count). The highest BCUT2D eigenvalue weighted by Crippen LogP contribution is 2.13. The van der Waals surface area contributed by atoms with Crippen molar-refractivity contribution >= 4 is 0 Å². The Kier molecular flexibility index (Phi) is 7.67. The SMILES string of the molecule is COCCOCC(O)CN[C@H](C)c1cccc(C)c1. The Bertz CT molecular complexity index is 357. The summed E-state index contributed by atoms with van der Waals surface area (Å²) in [5.74, 6) is 0.